The fraction of sp³-hybridized carbons (Fsp3) is 0.476. The lowest BCUT2D eigenvalue weighted by molar-refractivity contribution is -0.123. The monoisotopic (exact) mass is 479 g/mol. The molecule has 2 heterocycles. The molecule has 1 amide bonds. The molecule has 1 saturated heterocycles. The van der Waals surface area contributed by atoms with Gasteiger partial charge in [0.05, 0.1) is 19.2 Å². The topological polar surface area (TPSA) is 161 Å². The molecule has 0 aliphatic carbocycles. The summed E-state index contributed by atoms with van der Waals surface area (Å²) in [6.45, 7) is 5.84. The maximum Gasteiger partial charge on any atom is 0.404 e. The normalized spacial score (nSPS) is 21.9. The number of rotatable bonds is 7. The van der Waals surface area contributed by atoms with E-state index >= 15 is 0 Å². The van der Waals surface area contributed by atoms with Crippen LogP contribution in [0.4, 0.5) is 5.82 Å². The standard InChI is InChI=1S/C21H30N5O6P/c1-21(2,3)25-19(27)17(22)10-14-4-6-15(7-5-14)32-33(29)13-30-16(12-31-33)11-26-9-8-18(23)24-20(26)28/h4-9,16-17H,10-13,22H2,1-3H3,(H,25,27)(H2,23,24,28)/t16-,17+,33-/m0/s1. The highest BCUT2D eigenvalue weighted by Crippen LogP contribution is 2.50. The number of anilines is 1. The van der Waals surface area contributed by atoms with Crippen LogP contribution in [0.1, 0.15) is 26.3 Å². The number of nitrogen functional groups attached to an aromatic ring is 1. The van der Waals surface area contributed by atoms with Gasteiger partial charge in [-0.15, -0.1) is 0 Å². The average Bonchev–Trinajstić information content (AvgIpc) is 2.72. The van der Waals surface area contributed by atoms with Gasteiger partial charge in [0.2, 0.25) is 5.91 Å². The molecule has 3 atom stereocenters. The maximum atomic E-state index is 12.9. The second kappa shape index (κ2) is 10.0. The fourth-order valence-electron chi connectivity index (χ4n) is 3.09. The zero-order valence-corrected chi connectivity index (χ0v) is 19.8. The van der Waals surface area contributed by atoms with E-state index in [0.717, 1.165) is 5.56 Å². The van der Waals surface area contributed by atoms with Crippen LogP contribution in [0.2, 0.25) is 0 Å². The van der Waals surface area contributed by atoms with Crippen molar-refractivity contribution in [1.82, 2.24) is 14.9 Å². The first-order chi connectivity index (χ1) is 15.4. The van der Waals surface area contributed by atoms with E-state index in [1.54, 1.807) is 24.3 Å². The zero-order chi connectivity index (χ0) is 24.2. The number of amides is 1. The van der Waals surface area contributed by atoms with E-state index in [1.165, 1.54) is 16.8 Å². The Morgan fingerprint density at radius 3 is 2.61 bits per heavy atom. The number of carbonyl (C=O) groups is 1. The van der Waals surface area contributed by atoms with Gasteiger partial charge in [-0.2, -0.15) is 4.98 Å². The first-order valence-electron chi connectivity index (χ1n) is 10.5. The van der Waals surface area contributed by atoms with E-state index in [9.17, 15) is 14.2 Å². The summed E-state index contributed by atoms with van der Waals surface area (Å²) in [5.41, 5.74) is 11.4. The van der Waals surface area contributed by atoms with Gasteiger partial charge in [0.15, 0.2) is 6.35 Å². The minimum atomic E-state index is -3.51. The number of hydrogen-bond donors (Lipinski definition) is 3. The molecular weight excluding hydrogens is 449 g/mol. The van der Waals surface area contributed by atoms with Gasteiger partial charge < -0.3 is 26.0 Å². The molecule has 0 saturated carbocycles. The SMILES string of the molecule is CC(C)(C)NC(=O)[C@H](N)Cc1ccc(O[P@]2(=O)CO[C@@H](Cn3ccc(N)nc3=O)CO2)cc1. The molecule has 0 bridgehead atoms. The highest BCUT2D eigenvalue weighted by Gasteiger charge is 2.35. The summed E-state index contributed by atoms with van der Waals surface area (Å²) in [6, 6.07) is 7.59. The third-order valence-corrected chi connectivity index (χ3v) is 6.18. The minimum Gasteiger partial charge on any atom is -0.423 e. The molecule has 2 aromatic rings. The van der Waals surface area contributed by atoms with Crippen LogP contribution in [0.25, 0.3) is 0 Å². The highest BCUT2D eigenvalue weighted by atomic mass is 31.2. The van der Waals surface area contributed by atoms with Gasteiger partial charge >= 0.3 is 13.3 Å². The van der Waals surface area contributed by atoms with Crippen LogP contribution in [0.5, 0.6) is 5.75 Å². The fourth-order valence-corrected chi connectivity index (χ4v) is 4.50. The van der Waals surface area contributed by atoms with Crippen LogP contribution in [-0.2, 0) is 31.6 Å². The van der Waals surface area contributed by atoms with E-state index in [1.807, 2.05) is 20.8 Å². The quantitative estimate of drug-likeness (QED) is 0.497. The highest BCUT2D eigenvalue weighted by molar-refractivity contribution is 7.54. The molecule has 3 rings (SSSR count). The number of benzene rings is 1. The molecule has 1 aromatic carbocycles. The van der Waals surface area contributed by atoms with E-state index in [-0.39, 0.29) is 36.8 Å². The Morgan fingerprint density at radius 1 is 1.33 bits per heavy atom. The molecule has 5 N–H and O–H groups in total. The van der Waals surface area contributed by atoms with Crippen molar-refractivity contribution in [3.8, 4) is 5.75 Å². The summed E-state index contributed by atoms with van der Waals surface area (Å²) in [7, 11) is -3.51. The largest absolute Gasteiger partial charge is 0.423 e. The van der Waals surface area contributed by atoms with Crippen molar-refractivity contribution >= 4 is 19.3 Å². The van der Waals surface area contributed by atoms with Gasteiger partial charge in [-0.1, -0.05) is 12.1 Å². The van der Waals surface area contributed by atoms with E-state index < -0.39 is 25.4 Å². The Balaban J connectivity index is 1.51. The molecule has 1 aliphatic heterocycles. The molecule has 12 heteroatoms. The molecule has 0 radical (unpaired) electrons. The van der Waals surface area contributed by atoms with Crippen LogP contribution < -0.4 is 27.0 Å². The van der Waals surface area contributed by atoms with Crippen LogP contribution in [-0.4, -0.2) is 46.1 Å². The maximum absolute atomic E-state index is 12.9. The lowest BCUT2D eigenvalue weighted by Gasteiger charge is -2.29. The molecule has 0 spiro atoms. The first kappa shape index (κ1) is 24.9. The van der Waals surface area contributed by atoms with Gasteiger partial charge in [-0.3, -0.25) is 13.9 Å². The molecule has 1 fully saturated rings. The molecular formula is C21H30N5O6P. The summed E-state index contributed by atoms with van der Waals surface area (Å²) >= 11 is 0. The van der Waals surface area contributed by atoms with Crippen molar-refractivity contribution in [2.45, 2.75) is 51.4 Å². The van der Waals surface area contributed by atoms with Crippen LogP contribution in [0.15, 0.2) is 41.3 Å². The summed E-state index contributed by atoms with van der Waals surface area (Å²) in [6.07, 6.45) is 1.12. The van der Waals surface area contributed by atoms with Crippen molar-refractivity contribution in [3.05, 3.63) is 52.6 Å². The Hall–Kier alpha value is -2.72. The number of hydrogen-bond acceptors (Lipinski definition) is 9. The molecule has 0 unspecified atom stereocenters. The number of nitrogens with one attached hydrogen (secondary N) is 1. The summed E-state index contributed by atoms with van der Waals surface area (Å²) < 4.78 is 30.8. The Kier molecular flexibility index (Phi) is 7.58. The lowest BCUT2D eigenvalue weighted by atomic mass is 10.0. The Labute approximate surface area is 192 Å². The van der Waals surface area contributed by atoms with Gasteiger partial charge in [-0.25, -0.2) is 9.36 Å². The van der Waals surface area contributed by atoms with E-state index in [2.05, 4.69) is 10.3 Å². The molecule has 1 aromatic heterocycles. The van der Waals surface area contributed by atoms with Crippen molar-refractivity contribution < 1.29 is 23.1 Å². The predicted molar refractivity (Wildman–Crippen MR) is 123 cm³/mol. The third-order valence-electron chi connectivity index (χ3n) is 4.68. The molecule has 33 heavy (non-hydrogen) atoms. The second-order valence-corrected chi connectivity index (χ2v) is 10.8. The van der Waals surface area contributed by atoms with Gasteiger partial charge in [0.25, 0.3) is 0 Å². The Morgan fingerprint density at radius 2 is 2.03 bits per heavy atom. The average molecular weight is 479 g/mol. The number of aromatic nitrogens is 2. The van der Waals surface area contributed by atoms with Crippen LogP contribution >= 0.6 is 7.60 Å². The van der Waals surface area contributed by atoms with Crippen LogP contribution in [0.3, 0.4) is 0 Å². The number of carbonyl (C=O) groups excluding carboxylic acids is 1. The minimum absolute atomic E-state index is 0.0100. The van der Waals surface area contributed by atoms with Crippen molar-refractivity contribution in [1.29, 1.82) is 0 Å². The first-order valence-corrected chi connectivity index (χ1v) is 12.2. The smallest absolute Gasteiger partial charge is 0.404 e. The summed E-state index contributed by atoms with van der Waals surface area (Å²) in [5.74, 6) is 0.249. The van der Waals surface area contributed by atoms with Gasteiger partial charge in [0.1, 0.15) is 17.7 Å². The summed E-state index contributed by atoms with van der Waals surface area (Å²) in [5, 5.41) is 2.85. The number of nitrogens with two attached hydrogens (primary N) is 2. The van der Waals surface area contributed by atoms with Crippen molar-refractivity contribution in [2.24, 2.45) is 5.73 Å². The number of ether oxygens (including phenoxy) is 1. The lowest BCUT2D eigenvalue weighted by Crippen LogP contribution is -2.49. The van der Waals surface area contributed by atoms with Gasteiger partial charge in [0, 0.05) is 11.7 Å². The van der Waals surface area contributed by atoms with Crippen molar-refractivity contribution in [3.63, 3.8) is 0 Å². The van der Waals surface area contributed by atoms with E-state index in [4.69, 9.17) is 25.3 Å². The zero-order valence-electron chi connectivity index (χ0n) is 18.9. The predicted octanol–water partition coefficient (Wildman–Crippen LogP) is 1.26. The van der Waals surface area contributed by atoms with E-state index in [0.29, 0.717) is 12.2 Å². The summed E-state index contributed by atoms with van der Waals surface area (Å²) in [4.78, 5) is 27.6. The van der Waals surface area contributed by atoms with Crippen LogP contribution in [0, 0.1) is 0 Å². The Bertz CT molecular complexity index is 1070. The third kappa shape index (κ3) is 7.40. The molecule has 11 nitrogen and oxygen atoms in total. The second-order valence-electron chi connectivity index (χ2n) is 8.90. The molecule has 1 aliphatic rings. The van der Waals surface area contributed by atoms with Crippen molar-refractivity contribution in [2.75, 3.05) is 18.7 Å². The molecule has 180 valence electrons. The number of nitrogens with zero attached hydrogens (tertiary/aromatic N) is 2. The van der Waals surface area contributed by atoms with Gasteiger partial charge in [-0.05, 0) is 51.0 Å².